The van der Waals surface area contributed by atoms with Crippen LogP contribution in [0.15, 0.2) is 30.5 Å². The minimum absolute atomic E-state index is 0.0640. The number of nitrogens with zero attached hydrogens (tertiary/aromatic N) is 3. The Morgan fingerprint density at radius 3 is 2.80 bits per heavy atom. The quantitative estimate of drug-likeness (QED) is 0.614. The summed E-state index contributed by atoms with van der Waals surface area (Å²) in [6.45, 7) is 5.10. The minimum atomic E-state index is -0.230. The highest BCUT2D eigenvalue weighted by Crippen LogP contribution is 2.30. The van der Waals surface area contributed by atoms with Crippen molar-refractivity contribution in [2.24, 2.45) is 0 Å². The third-order valence-electron chi connectivity index (χ3n) is 5.84. The summed E-state index contributed by atoms with van der Waals surface area (Å²) in [4.78, 5) is 27.2. The molecule has 0 spiro atoms. The molecule has 30 heavy (non-hydrogen) atoms. The molecule has 0 radical (unpaired) electrons. The summed E-state index contributed by atoms with van der Waals surface area (Å²) in [5, 5.41) is 5.93. The van der Waals surface area contributed by atoms with Crippen LogP contribution in [0.25, 0.3) is 11.0 Å². The summed E-state index contributed by atoms with van der Waals surface area (Å²) in [7, 11) is 3.66. The number of anilines is 1. The Morgan fingerprint density at radius 2 is 2.07 bits per heavy atom. The van der Waals surface area contributed by atoms with E-state index in [-0.39, 0.29) is 18.1 Å². The van der Waals surface area contributed by atoms with E-state index in [2.05, 4.69) is 58.5 Å². The number of ether oxygens (including phenoxy) is 1. The highest BCUT2D eigenvalue weighted by molar-refractivity contribution is 5.89. The third kappa shape index (κ3) is 4.23. The number of fused-ring (bicyclic) bond motifs is 1. The molecule has 1 saturated heterocycles. The lowest BCUT2D eigenvalue weighted by Gasteiger charge is -2.36. The molecule has 1 aliphatic rings. The molecule has 1 unspecified atom stereocenters. The van der Waals surface area contributed by atoms with E-state index >= 15 is 0 Å². The number of rotatable bonds is 4. The van der Waals surface area contributed by atoms with Gasteiger partial charge in [-0.15, -0.1) is 0 Å². The maximum Gasteiger partial charge on any atom is 0.319 e. The standard InChI is InChI=1S/C22H28N6O2/c1-13-9-17-18(10-14(13)2)27-21(26-17)19-11-15(7-8-28(19)3)24-22(29)25-16-5-6-20(30-4)23-12-16/h5-6,9-10,12,15,19H,7-8,11H2,1-4H3,(H,26,27)(H2,24,25,29)/t15?,19-/m1/s1. The van der Waals surface area contributed by atoms with Crippen LogP contribution in [0.5, 0.6) is 5.88 Å². The lowest BCUT2D eigenvalue weighted by atomic mass is 9.97. The van der Waals surface area contributed by atoms with Crippen LogP contribution in [0.1, 0.15) is 35.8 Å². The molecule has 2 atom stereocenters. The molecule has 1 fully saturated rings. The molecule has 0 saturated carbocycles. The van der Waals surface area contributed by atoms with Crippen LogP contribution >= 0.6 is 0 Å². The van der Waals surface area contributed by atoms with Crippen molar-refractivity contribution in [1.29, 1.82) is 0 Å². The molecule has 3 N–H and O–H groups in total. The van der Waals surface area contributed by atoms with Gasteiger partial charge in [0.1, 0.15) is 5.82 Å². The molecule has 3 aromatic rings. The Bertz CT molecular complexity index is 1010. The molecule has 8 nitrogen and oxygen atoms in total. The molecule has 1 aromatic carbocycles. The predicted octanol–water partition coefficient (Wildman–Crippen LogP) is 3.54. The molecule has 4 rings (SSSR count). The van der Waals surface area contributed by atoms with Gasteiger partial charge in [0.05, 0.1) is 36.1 Å². The summed E-state index contributed by atoms with van der Waals surface area (Å²) >= 11 is 0. The van der Waals surface area contributed by atoms with Crippen molar-refractivity contribution in [1.82, 2.24) is 25.2 Å². The molecular weight excluding hydrogens is 380 g/mol. The largest absolute Gasteiger partial charge is 0.481 e. The smallest absolute Gasteiger partial charge is 0.319 e. The van der Waals surface area contributed by atoms with Crippen LogP contribution in [0, 0.1) is 13.8 Å². The fraction of sp³-hybridized carbons (Fsp3) is 0.409. The van der Waals surface area contributed by atoms with Crippen molar-refractivity contribution >= 4 is 22.8 Å². The van der Waals surface area contributed by atoms with Gasteiger partial charge in [-0.05, 0) is 63.1 Å². The van der Waals surface area contributed by atoms with E-state index in [4.69, 9.17) is 9.72 Å². The second-order valence-corrected chi connectivity index (χ2v) is 7.98. The number of piperidine rings is 1. The average Bonchev–Trinajstić information content (AvgIpc) is 3.12. The summed E-state index contributed by atoms with van der Waals surface area (Å²) in [5.41, 5.74) is 5.16. The fourth-order valence-electron chi connectivity index (χ4n) is 3.91. The topological polar surface area (TPSA) is 95.2 Å². The summed E-state index contributed by atoms with van der Waals surface area (Å²) in [6, 6.07) is 7.71. The van der Waals surface area contributed by atoms with Crippen molar-refractivity contribution in [3.63, 3.8) is 0 Å². The molecule has 2 aromatic heterocycles. The van der Waals surface area contributed by atoms with Gasteiger partial charge < -0.3 is 20.4 Å². The van der Waals surface area contributed by atoms with Gasteiger partial charge in [-0.1, -0.05) is 0 Å². The zero-order valence-corrected chi connectivity index (χ0v) is 17.8. The summed E-state index contributed by atoms with van der Waals surface area (Å²) in [5.74, 6) is 1.46. The minimum Gasteiger partial charge on any atom is -0.481 e. The number of likely N-dealkylation sites (tertiary alicyclic amines) is 1. The second-order valence-electron chi connectivity index (χ2n) is 7.98. The number of aromatic amines is 1. The second kappa shape index (κ2) is 8.31. The lowest BCUT2D eigenvalue weighted by Crippen LogP contribution is -2.46. The Kier molecular flexibility index (Phi) is 5.59. The van der Waals surface area contributed by atoms with Gasteiger partial charge in [-0.3, -0.25) is 4.90 Å². The maximum atomic E-state index is 12.5. The summed E-state index contributed by atoms with van der Waals surface area (Å²) < 4.78 is 5.04. The zero-order chi connectivity index (χ0) is 21.3. The van der Waals surface area contributed by atoms with Crippen LogP contribution in [0.3, 0.4) is 0 Å². The third-order valence-corrected chi connectivity index (χ3v) is 5.84. The Hall–Kier alpha value is -3.13. The highest BCUT2D eigenvalue weighted by Gasteiger charge is 2.30. The van der Waals surface area contributed by atoms with Crippen molar-refractivity contribution in [2.75, 3.05) is 26.0 Å². The summed E-state index contributed by atoms with van der Waals surface area (Å²) in [6.07, 6.45) is 3.26. The van der Waals surface area contributed by atoms with Crippen molar-refractivity contribution in [3.8, 4) is 5.88 Å². The van der Waals surface area contributed by atoms with Crippen molar-refractivity contribution in [3.05, 3.63) is 47.4 Å². The van der Waals surface area contributed by atoms with Crippen LogP contribution in [-0.4, -0.2) is 52.6 Å². The monoisotopic (exact) mass is 408 g/mol. The van der Waals surface area contributed by atoms with E-state index in [1.165, 1.54) is 11.1 Å². The number of nitrogens with one attached hydrogen (secondary N) is 3. The van der Waals surface area contributed by atoms with Crippen molar-refractivity contribution < 1.29 is 9.53 Å². The number of hydrogen-bond donors (Lipinski definition) is 3. The first-order valence-electron chi connectivity index (χ1n) is 10.2. The van der Waals surface area contributed by atoms with Crippen LogP contribution in [0.2, 0.25) is 0 Å². The number of aromatic nitrogens is 3. The number of benzene rings is 1. The van der Waals surface area contributed by atoms with Gasteiger partial charge in [0.25, 0.3) is 0 Å². The number of H-pyrrole nitrogens is 1. The number of hydrogen-bond acceptors (Lipinski definition) is 5. The molecule has 2 amide bonds. The zero-order valence-electron chi connectivity index (χ0n) is 17.8. The van der Waals surface area contributed by atoms with Crippen LogP contribution in [-0.2, 0) is 0 Å². The molecule has 0 aliphatic carbocycles. The Morgan fingerprint density at radius 1 is 1.27 bits per heavy atom. The van der Waals surface area contributed by atoms with Gasteiger partial charge in [0.2, 0.25) is 5.88 Å². The van der Waals surface area contributed by atoms with E-state index in [1.54, 1.807) is 25.4 Å². The first-order valence-corrected chi connectivity index (χ1v) is 10.2. The van der Waals surface area contributed by atoms with Gasteiger partial charge >= 0.3 is 6.03 Å². The predicted molar refractivity (Wildman–Crippen MR) is 117 cm³/mol. The molecule has 1 aliphatic heterocycles. The first kappa shape index (κ1) is 20.2. The SMILES string of the molecule is COc1ccc(NC(=O)NC2CCN(C)[C@@H](c3nc4cc(C)c(C)cc4[nH]3)C2)cn1. The maximum absolute atomic E-state index is 12.5. The van der Waals surface area contributed by atoms with E-state index in [1.807, 2.05) is 0 Å². The van der Waals surface area contributed by atoms with Crippen LogP contribution < -0.4 is 15.4 Å². The van der Waals surface area contributed by atoms with E-state index in [9.17, 15) is 4.79 Å². The number of pyridine rings is 1. The number of carbonyl (C=O) groups excluding carboxylic acids is 1. The van der Waals surface area contributed by atoms with Crippen LogP contribution in [0.4, 0.5) is 10.5 Å². The number of urea groups is 1. The number of carbonyl (C=O) groups is 1. The van der Waals surface area contributed by atoms with E-state index < -0.39 is 0 Å². The van der Waals surface area contributed by atoms with Gasteiger partial charge in [0.15, 0.2) is 0 Å². The highest BCUT2D eigenvalue weighted by atomic mass is 16.5. The number of imidazole rings is 1. The molecule has 8 heteroatoms. The molecule has 3 heterocycles. The lowest BCUT2D eigenvalue weighted by molar-refractivity contribution is 0.153. The van der Waals surface area contributed by atoms with Gasteiger partial charge in [0, 0.05) is 18.7 Å². The molecular formula is C22H28N6O2. The first-order chi connectivity index (χ1) is 14.4. The Labute approximate surface area is 176 Å². The van der Waals surface area contributed by atoms with E-state index in [0.29, 0.717) is 11.6 Å². The normalized spacial score (nSPS) is 19.6. The fourth-order valence-corrected chi connectivity index (χ4v) is 3.91. The average molecular weight is 409 g/mol. The number of methoxy groups -OCH3 is 1. The number of amides is 2. The Balaban J connectivity index is 1.43. The van der Waals surface area contributed by atoms with Gasteiger partial charge in [-0.2, -0.15) is 0 Å². The van der Waals surface area contributed by atoms with Gasteiger partial charge in [-0.25, -0.2) is 14.8 Å². The van der Waals surface area contributed by atoms with E-state index in [0.717, 1.165) is 36.2 Å². The number of aryl methyl sites for hydroxylation is 2. The molecule has 0 bridgehead atoms. The van der Waals surface area contributed by atoms with Crippen molar-refractivity contribution in [2.45, 2.75) is 38.8 Å². The molecule has 158 valence electrons.